The van der Waals surface area contributed by atoms with Crippen LogP contribution in [-0.2, 0) is 12.5 Å². The van der Waals surface area contributed by atoms with Gasteiger partial charge in [-0.15, -0.1) is 11.6 Å². The zero-order valence-electron chi connectivity index (χ0n) is 7.06. The summed E-state index contributed by atoms with van der Waals surface area (Å²) in [5.74, 6) is -0.194. The fourth-order valence-electron chi connectivity index (χ4n) is 1.05. The third-order valence-electron chi connectivity index (χ3n) is 1.77. The first-order chi connectivity index (χ1) is 6.60. The molecular weight excluding hydrogens is 216 g/mol. The summed E-state index contributed by atoms with van der Waals surface area (Å²) in [5, 5.41) is 8.69. The van der Waals surface area contributed by atoms with E-state index in [-0.39, 0.29) is 22.7 Å². The molecule has 0 unspecified atom stereocenters. The highest BCUT2D eigenvalue weighted by atomic mass is 35.5. The van der Waals surface area contributed by atoms with E-state index < -0.39 is 18.6 Å². The first-order valence-electron chi connectivity index (χ1n) is 3.80. The van der Waals surface area contributed by atoms with Crippen LogP contribution in [0.3, 0.4) is 0 Å². The second kappa shape index (κ2) is 4.52. The SMILES string of the molecule is O=c1[nH]c(CCl)c(C(F)F)cc1CO. The molecule has 14 heavy (non-hydrogen) atoms. The van der Waals surface area contributed by atoms with Crippen LogP contribution >= 0.6 is 11.6 Å². The normalized spacial score (nSPS) is 10.9. The molecule has 3 nitrogen and oxygen atoms in total. The van der Waals surface area contributed by atoms with E-state index in [0.29, 0.717) is 0 Å². The molecule has 6 heteroatoms. The molecule has 1 rings (SSSR count). The topological polar surface area (TPSA) is 53.1 Å². The number of pyridine rings is 1. The molecule has 0 aromatic carbocycles. The summed E-state index contributed by atoms with van der Waals surface area (Å²) in [7, 11) is 0. The summed E-state index contributed by atoms with van der Waals surface area (Å²) in [4.78, 5) is 13.3. The van der Waals surface area contributed by atoms with E-state index >= 15 is 0 Å². The summed E-state index contributed by atoms with van der Waals surface area (Å²) in [6.07, 6.45) is -2.72. The maximum atomic E-state index is 12.4. The number of hydrogen-bond donors (Lipinski definition) is 2. The van der Waals surface area contributed by atoms with Gasteiger partial charge >= 0.3 is 0 Å². The lowest BCUT2D eigenvalue weighted by molar-refractivity contribution is 0.149. The zero-order chi connectivity index (χ0) is 10.7. The van der Waals surface area contributed by atoms with Gasteiger partial charge in [0.15, 0.2) is 0 Å². The van der Waals surface area contributed by atoms with Gasteiger partial charge in [0.1, 0.15) is 0 Å². The van der Waals surface area contributed by atoms with Crippen LogP contribution in [0.2, 0.25) is 0 Å². The Morgan fingerprint density at radius 3 is 2.64 bits per heavy atom. The van der Waals surface area contributed by atoms with Gasteiger partial charge in [0.2, 0.25) is 0 Å². The average molecular weight is 224 g/mol. The van der Waals surface area contributed by atoms with Gasteiger partial charge in [-0.2, -0.15) is 0 Å². The molecule has 0 radical (unpaired) electrons. The second-order valence-electron chi connectivity index (χ2n) is 2.65. The third-order valence-corrected chi connectivity index (χ3v) is 2.04. The van der Waals surface area contributed by atoms with Gasteiger partial charge in [-0.05, 0) is 6.07 Å². The average Bonchev–Trinajstić information content (AvgIpc) is 2.16. The summed E-state index contributed by atoms with van der Waals surface area (Å²) in [6, 6.07) is 0.973. The lowest BCUT2D eigenvalue weighted by atomic mass is 10.1. The van der Waals surface area contributed by atoms with Crippen molar-refractivity contribution in [2.24, 2.45) is 0 Å². The monoisotopic (exact) mass is 223 g/mol. The molecule has 0 aliphatic rings. The molecule has 1 aromatic rings. The molecular formula is C8H8ClF2NO2. The first kappa shape index (κ1) is 11.1. The Kier molecular flexibility index (Phi) is 3.60. The fraction of sp³-hybridized carbons (Fsp3) is 0.375. The van der Waals surface area contributed by atoms with Crippen LogP contribution < -0.4 is 5.56 Å². The molecule has 78 valence electrons. The minimum atomic E-state index is -2.72. The van der Waals surface area contributed by atoms with Crippen molar-refractivity contribution in [1.29, 1.82) is 0 Å². The molecule has 0 saturated heterocycles. The van der Waals surface area contributed by atoms with E-state index in [1.165, 1.54) is 0 Å². The molecule has 1 heterocycles. The Labute approximate surface area is 83.3 Å². The molecule has 0 bridgehead atoms. The number of aliphatic hydroxyl groups is 1. The highest BCUT2D eigenvalue weighted by Gasteiger charge is 2.15. The van der Waals surface area contributed by atoms with Crippen LogP contribution in [0.25, 0.3) is 0 Å². The van der Waals surface area contributed by atoms with Crippen molar-refractivity contribution in [3.63, 3.8) is 0 Å². The van der Waals surface area contributed by atoms with Crippen LogP contribution in [0.4, 0.5) is 8.78 Å². The molecule has 0 fully saturated rings. The minimum Gasteiger partial charge on any atom is -0.391 e. The Bertz CT molecular complexity index is 378. The van der Waals surface area contributed by atoms with Crippen molar-refractivity contribution < 1.29 is 13.9 Å². The summed E-state index contributed by atoms with van der Waals surface area (Å²) in [6.45, 7) is -0.572. The Morgan fingerprint density at radius 2 is 2.21 bits per heavy atom. The number of aliphatic hydroxyl groups excluding tert-OH is 1. The third kappa shape index (κ3) is 2.10. The number of aromatic nitrogens is 1. The van der Waals surface area contributed by atoms with E-state index in [9.17, 15) is 13.6 Å². The zero-order valence-corrected chi connectivity index (χ0v) is 7.81. The van der Waals surface area contributed by atoms with Crippen LogP contribution in [-0.4, -0.2) is 10.1 Å². The van der Waals surface area contributed by atoms with Crippen molar-refractivity contribution in [3.8, 4) is 0 Å². The van der Waals surface area contributed by atoms with E-state index in [2.05, 4.69) is 4.98 Å². The highest BCUT2D eigenvalue weighted by Crippen LogP contribution is 2.22. The number of alkyl halides is 3. The van der Waals surface area contributed by atoms with Crippen LogP contribution in [0.5, 0.6) is 0 Å². The van der Waals surface area contributed by atoms with E-state index in [1.807, 2.05) is 0 Å². The summed E-state index contributed by atoms with van der Waals surface area (Å²) in [5.41, 5.74) is -1.03. The van der Waals surface area contributed by atoms with Gasteiger partial charge in [0.05, 0.1) is 12.5 Å². The number of H-pyrrole nitrogens is 1. The van der Waals surface area contributed by atoms with Crippen molar-refractivity contribution in [2.75, 3.05) is 0 Å². The number of aromatic amines is 1. The number of hydrogen-bond acceptors (Lipinski definition) is 2. The van der Waals surface area contributed by atoms with Crippen LogP contribution in [0.15, 0.2) is 10.9 Å². The summed E-state index contributed by atoms with van der Waals surface area (Å²) >= 11 is 5.38. The van der Waals surface area contributed by atoms with E-state index in [0.717, 1.165) is 6.07 Å². The molecule has 0 aliphatic heterocycles. The first-order valence-corrected chi connectivity index (χ1v) is 4.33. The summed E-state index contributed by atoms with van der Waals surface area (Å²) < 4.78 is 24.8. The maximum Gasteiger partial charge on any atom is 0.265 e. The molecule has 0 spiro atoms. The van der Waals surface area contributed by atoms with E-state index in [4.69, 9.17) is 16.7 Å². The highest BCUT2D eigenvalue weighted by molar-refractivity contribution is 6.17. The number of halogens is 3. The fourth-order valence-corrected chi connectivity index (χ4v) is 1.27. The number of rotatable bonds is 3. The van der Waals surface area contributed by atoms with Crippen molar-refractivity contribution in [1.82, 2.24) is 4.98 Å². The van der Waals surface area contributed by atoms with Gasteiger partial charge in [0.25, 0.3) is 12.0 Å². The standard InChI is InChI=1S/C8H8ClF2NO2/c9-2-6-5(7(10)11)1-4(3-13)8(14)12-6/h1,7,13H,2-3H2,(H,12,14). The van der Waals surface area contributed by atoms with Crippen molar-refractivity contribution in [2.45, 2.75) is 18.9 Å². The van der Waals surface area contributed by atoms with Gasteiger partial charge in [0, 0.05) is 16.8 Å². The molecule has 1 aromatic heterocycles. The molecule has 0 amide bonds. The Hall–Kier alpha value is -0.940. The van der Waals surface area contributed by atoms with Crippen molar-refractivity contribution in [3.05, 3.63) is 33.2 Å². The Balaban J connectivity index is 3.32. The molecule has 0 saturated carbocycles. The molecule has 0 atom stereocenters. The minimum absolute atomic E-state index is 0.0103. The predicted octanol–water partition coefficient (Wildman–Crippen LogP) is 1.54. The molecule has 0 aliphatic carbocycles. The maximum absolute atomic E-state index is 12.4. The predicted molar refractivity (Wildman–Crippen MR) is 47.5 cm³/mol. The van der Waals surface area contributed by atoms with Crippen molar-refractivity contribution >= 4 is 11.6 Å². The van der Waals surface area contributed by atoms with Crippen LogP contribution in [0.1, 0.15) is 23.2 Å². The lowest BCUT2D eigenvalue weighted by Crippen LogP contribution is -2.16. The molecule has 2 N–H and O–H groups in total. The van der Waals surface area contributed by atoms with Gasteiger partial charge in [-0.25, -0.2) is 8.78 Å². The smallest absolute Gasteiger partial charge is 0.265 e. The lowest BCUT2D eigenvalue weighted by Gasteiger charge is -2.07. The van der Waals surface area contributed by atoms with Crippen LogP contribution in [0, 0.1) is 0 Å². The van der Waals surface area contributed by atoms with E-state index in [1.54, 1.807) is 0 Å². The van der Waals surface area contributed by atoms with Gasteiger partial charge < -0.3 is 10.1 Å². The number of nitrogens with one attached hydrogen (secondary N) is 1. The van der Waals surface area contributed by atoms with Gasteiger partial charge in [-0.1, -0.05) is 0 Å². The van der Waals surface area contributed by atoms with Gasteiger partial charge in [-0.3, -0.25) is 4.79 Å². The Morgan fingerprint density at radius 1 is 1.57 bits per heavy atom. The quantitative estimate of drug-likeness (QED) is 0.764. The second-order valence-corrected chi connectivity index (χ2v) is 2.92. The largest absolute Gasteiger partial charge is 0.391 e.